The lowest BCUT2D eigenvalue weighted by Gasteiger charge is -2.27. The second kappa shape index (κ2) is 9.37. The zero-order valence-electron chi connectivity index (χ0n) is 13.0. The maximum atomic E-state index is 10.8. The van der Waals surface area contributed by atoms with Crippen molar-refractivity contribution >= 4 is 5.97 Å². The number of hydrogen-bond acceptors (Lipinski definition) is 4. The molecule has 0 radical (unpaired) electrons. The van der Waals surface area contributed by atoms with Crippen LogP contribution in [0.15, 0.2) is 24.3 Å². The predicted octanol–water partition coefficient (Wildman–Crippen LogP) is 2.51. The van der Waals surface area contributed by atoms with Crippen molar-refractivity contribution in [1.82, 2.24) is 4.90 Å². The Labute approximate surface area is 126 Å². The quantitative estimate of drug-likeness (QED) is 0.718. The molecule has 0 spiro atoms. The topological polar surface area (TPSA) is 59.0 Å². The number of rotatable bonds is 10. The minimum Gasteiger partial charge on any atom is -0.492 e. The van der Waals surface area contributed by atoms with E-state index in [-0.39, 0.29) is 5.56 Å². The molecule has 0 aliphatic heterocycles. The average Bonchev–Trinajstić information content (AvgIpc) is 2.50. The number of hydrogen-bond donors (Lipinski definition) is 1. The Morgan fingerprint density at radius 2 is 1.86 bits per heavy atom. The van der Waals surface area contributed by atoms with Gasteiger partial charge in [-0.05, 0) is 37.6 Å². The second-order valence-electron chi connectivity index (χ2n) is 4.96. The van der Waals surface area contributed by atoms with Gasteiger partial charge in [0.2, 0.25) is 0 Å². The first-order valence-electron chi connectivity index (χ1n) is 7.27. The Bertz CT molecular complexity index is 419. The molecule has 1 aromatic carbocycles. The molecule has 1 rings (SSSR count). The van der Waals surface area contributed by atoms with Gasteiger partial charge in [0.05, 0.1) is 12.2 Å². The van der Waals surface area contributed by atoms with Crippen molar-refractivity contribution in [2.75, 3.05) is 33.4 Å². The molecular formula is C16H25NO4. The van der Waals surface area contributed by atoms with Crippen LogP contribution < -0.4 is 4.74 Å². The molecule has 0 aromatic heterocycles. The number of aromatic carboxylic acids is 1. The second-order valence-corrected chi connectivity index (χ2v) is 4.96. The molecule has 1 N–H and O–H groups in total. The van der Waals surface area contributed by atoms with Crippen LogP contribution in [0.1, 0.15) is 30.6 Å². The molecular weight excluding hydrogens is 270 g/mol. The normalized spacial score (nSPS) is 12.4. The van der Waals surface area contributed by atoms with Gasteiger partial charge in [-0.25, -0.2) is 4.79 Å². The molecule has 0 amide bonds. The molecule has 0 saturated carbocycles. The van der Waals surface area contributed by atoms with Gasteiger partial charge in [-0.1, -0.05) is 6.92 Å². The van der Waals surface area contributed by atoms with Gasteiger partial charge in [0.25, 0.3) is 0 Å². The zero-order valence-corrected chi connectivity index (χ0v) is 13.0. The summed E-state index contributed by atoms with van der Waals surface area (Å²) < 4.78 is 10.8. The van der Waals surface area contributed by atoms with Crippen LogP contribution in [0.4, 0.5) is 0 Å². The highest BCUT2D eigenvalue weighted by molar-refractivity contribution is 5.87. The Hall–Kier alpha value is -1.59. The fraction of sp³-hybridized carbons (Fsp3) is 0.562. The summed E-state index contributed by atoms with van der Waals surface area (Å²) in [5.74, 6) is -0.236. The smallest absolute Gasteiger partial charge is 0.335 e. The molecule has 5 heteroatoms. The Balaban J connectivity index is 2.43. The summed E-state index contributed by atoms with van der Waals surface area (Å²) in [4.78, 5) is 13.1. The Morgan fingerprint density at radius 3 is 2.38 bits per heavy atom. The predicted molar refractivity (Wildman–Crippen MR) is 82.1 cm³/mol. The third-order valence-corrected chi connectivity index (χ3v) is 3.55. The number of nitrogens with zero attached hydrogens (tertiary/aromatic N) is 1. The van der Waals surface area contributed by atoms with Crippen molar-refractivity contribution in [3.05, 3.63) is 29.8 Å². The highest BCUT2D eigenvalue weighted by Crippen LogP contribution is 2.12. The van der Waals surface area contributed by atoms with Gasteiger partial charge in [0.15, 0.2) is 0 Å². The van der Waals surface area contributed by atoms with Crippen molar-refractivity contribution in [2.45, 2.75) is 26.3 Å². The van der Waals surface area contributed by atoms with Crippen LogP contribution in [0.3, 0.4) is 0 Å². The minimum atomic E-state index is -0.927. The first-order valence-corrected chi connectivity index (χ1v) is 7.27. The number of benzene rings is 1. The first kappa shape index (κ1) is 17.5. The summed E-state index contributed by atoms with van der Waals surface area (Å²) in [6, 6.07) is 6.96. The lowest BCUT2D eigenvalue weighted by molar-refractivity contribution is 0.0697. The lowest BCUT2D eigenvalue weighted by Crippen LogP contribution is -2.38. The molecule has 118 valence electrons. The van der Waals surface area contributed by atoms with E-state index in [1.54, 1.807) is 31.4 Å². The maximum absolute atomic E-state index is 10.8. The first-order chi connectivity index (χ1) is 10.1. The zero-order chi connectivity index (χ0) is 15.7. The van der Waals surface area contributed by atoms with E-state index < -0.39 is 5.97 Å². The molecule has 21 heavy (non-hydrogen) atoms. The van der Waals surface area contributed by atoms with Crippen molar-refractivity contribution in [2.24, 2.45) is 0 Å². The molecule has 1 atom stereocenters. The number of carboxylic acid groups (broad SMARTS) is 1. The summed E-state index contributed by atoms with van der Waals surface area (Å²) >= 11 is 0. The Kier molecular flexibility index (Phi) is 7.79. The van der Waals surface area contributed by atoms with Gasteiger partial charge in [0, 0.05) is 26.2 Å². The van der Waals surface area contributed by atoms with Gasteiger partial charge in [-0.3, -0.25) is 4.90 Å². The van der Waals surface area contributed by atoms with E-state index in [1.165, 1.54) is 0 Å². The molecule has 0 aliphatic carbocycles. The summed E-state index contributed by atoms with van der Waals surface area (Å²) in [6.07, 6.45) is 1.08. The number of methoxy groups -OCH3 is 1. The summed E-state index contributed by atoms with van der Waals surface area (Å²) in [5.41, 5.74) is 0.267. The third-order valence-electron chi connectivity index (χ3n) is 3.55. The molecule has 5 nitrogen and oxygen atoms in total. The van der Waals surface area contributed by atoms with Crippen molar-refractivity contribution < 1.29 is 19.4 Å². The van der Waals surface area contributed by atoms with Crippen LogP contribution in [-0.2, 0) is 4.74 Å². The van der Waals surface area contributed by atoms with Crippen LogP contribution in [0.5, 0.6) is 5.75 Å². The van der Waals surface area contributed by atoms with Crippen LogP contribution >= 0.6 is 0 Å². The summed E-state index contributed by atoms with van der Waals surface area (Å²) in [5, 5.41) is 8.84. The van der Waals surface area contributed by atoms with Gasteiger partial charge in [-0.15, -0.1) is 0 Å². The average molecular weight is 295 g/mol. The third kappa shape index (κ3) is 6.14. The standard InChI is InChI=1S/C16H25NO4/c1-4-13(2)17(9-11-20-3)10-12-21-15-7-5-14(6-8-15)16(18)19/h5-8,13H,4,9-12H2,1-3H3,(H,18,19). The largest absolute Gasteiger partial charge is 0.492 e. The Morgan fingerprint density at radius 1 is 1.24 bits per heavy atom. The summed E-state index contributed by atoms with van der Waals surface area (Å²) in [7, 11) is 1.70. The van der Waals surface area contributed by atoms with E-state index in [0.29, 0.717) is 25.0 Å². The van der Waals surface area contributed by atoms with Gasteiger partial charge >= 0.3 is 5.97 Å². The SMILES string of the molecule is CCC(C)N(CCOC)CCOc1ccc(C(=O)O)cc1. The van der Waals surface area contributed by atoms with Gasteiger partial charge in [0.1, 0.15) is 12.4 Å². The molecule has 0 bridgehead atoms. The fourth-order valence-corrected chi connectivity index (χ4v) is 1.99. The highest BCUT2D eigenvalue weighted by atomic mass is 16.5. The lowest BCUT2D eigenvalue weighted by atomic mass is 10.2. The molecule has 1 aromatic rings. The van der Waals surface area contributed by atoms with Crippen LogP contribution in [-0.4, -0.2) is 55.4 Å². The van der Waals surface area contributed by atoms with Crippen molar-refractivity contribution in [3.8, 4) is 5.75 Å². The number of carboxylic acids is 1. The van der Waals surface area contributed by atoms with E-state index >= 15 is 0 Å². The van der Waals surface area contributed by atoms with E-state index in [2.05, 4.69) is 18.7 Å². The molecule has 1 unspecified atom stereocenters. The molecule has 0 fully saturated rings. The van der Waals surface area contributed by atoms with Gasteiger partial charge < -0.3 is 14.6 Å². The van der Waals surface area contributed by atoms with Crippen LogP contribution in [0, 0.1) is 0 Å². The number of ether oxygens (including phenoxy) is 2. The van der Waals surface area contributed by atoms with Crippen molar-refractivity contribution in [1.29, 1.82) is 0 Å². The number of carbonyl (C=O) groups is 1. The highest BCUT2D eigenvalue weighted by Gasteiger charge is 2.11. The fourth-order valence-electron chi connectivity index (χ4n) is 1.99. The van der Waals surface area contributed by atoms with Crippen LogP contribution in [0.25, 0.3) is 0 Å². The summed E-state index contributed by atoms with van der Waals surface area (Å²) in [6.45, 7) is 7.33. The van der Waals surface area contributed by atoms with E-state index in [0.717, 1.165) is 19.5 Å². The molecule has 0 aliphatic rings. The van der Waals surface area contributed by atoms with Crippen LogP contribution in [0.2, 0.25) is 0 Å². The molecule has 0 saturated heterocycles. The van der Waals surface area contributed by atoms with Gasteiger partial charge in [-0.2, -0.15) is 0 Å². The maximum Gasteiger partial charge on any atom is 0.335 e. The minimum absolute atomic E-state index is 0.267. The molecule has 0 heterocycles. The van der Waals surface area contributed by atoms with E-state index in [1.807, 2.05) is 0 Å². The monoisotopic (exact) mass is 295 g/mol. The van der Waals surface area contributed by atoms with E-state index in [9.17, 15) is 4.79 Å². The van der Waals surface area contributed by atoms with E-state index in [4.69, 9.17) is 14.6 Å². The van der Waals surface area contributed by atoms with Crippen molar-refractivity contribution in [3.63, 3.8) is 0 Å².